The van der Waals surface area contributed by atoms with E-state index in [0.29, 0.717) is 18.9 Å². The average molecular weight is 557 g/mol. The molecular weight excluding hydrogens is 515 g/mol. The fourth-order valence-electron chi connectivity index (χ4n) is 4.20. The van der Waals surface area contributed by atoms with Crippen molar-refractivity contribution in [1.82, 2.24) is 25.3 Å². The number of likely N-dealkylation sites (tertiary alicyclic amines) is 1. The fraction of sp³-hybridized carbons (Fsp3) is 0.667. The largest absolute Gasteiger partial charge is 0.357 e. The molecule has 0 spiro atoms. The van der Waals surface area contributed by atoms with Gasteiger partial charge in [0.05, 0.1) is 6.54 Å². The highest BCUT2D eigenvalue weighted by Gasteiger charge is 2.19. The van der Waals surface area contributed by atoms with Gasteiger partial charge in [-0.15, -0.1) is 24.0 Å². The monoisotopic (exact) mass is 556 g/mol. The summed E-state index contributed by atoms with van der Waals surface area (Å²) in [5.41, 5.74) is 2.60. The number of hydrogen-bond acceptors (Lipinski definition) is 4. The van der Waals surface area contributed by atoms with E-state index in [1.165, 1.54) is 30.6 Å². The number of nitrogens with one attached hydrogen (secondary N) is 2. The van der Waals surface area contributed by atoms with Crippen molar-refractivity contribution in [2.45, 2.75) is 45.7 Å². The van der Waals surface area contributed by atoms with Crippen LogP contribution < -0.4 is 10.6 Å². The third-order valence-electron chi connectivity index (χ3n) is 6.07. The highest BCUT2D eigenvalue weighted by Crippen LogP contribution is 2.11. The minimum atomic E-state index is 0. The molecule has 2 N–H and O–H groups in total. The maximum absolute atomic E-state index is 11.7. The predicted octanol–water partition coefficient (Wildman–Crippen LogP) is 2.51. The molecule has 0 aromatic heterocycles. The Bertz CT molecular complexity index is 711. The first-order chi connectivity index (χ1) is 15.1. The Kier molecular flexibility index (Phi) is 12.3. The quantitative estimate of drug-likeness (QED) is 0.212. The van der Waals surface area contributed by atoms with Crippen molar-refractivity contribution >= 4 is 35.8 Å². The predicted molar refractivity (Wildman–Crippen MR) is 142 cm³/mol. The number of aliphatic imine (C=N–C) groups is 1. The molecule has 2 aliphatic rings. The third-order valence-corrected chi connectivity index (χ3v) is 6.07. The Morgan fingerprint density at radius 2 is 1.78 bits per heavy atom. The molecule has 0 bridgehead atoms. The molecule has 0 unspecified atom stereocenters. The van der Waals surface area contributed by atoms with Gasteiger partial charge in [-0.05, 0) is 57.5 Å². The SMILES string of the molecule is CCNC(=NCc1ccc(CN2CCCN(C)CC2)cc1)NCCCN1CCCC1=O.I. The number of nitrogens with zero attached hydrogens (tertiary/aromatic N) is 4. The summed E-state index contributed by atoms with van der Waals surface area (Å²) in [4.78, 5) is 23.4. The van der Waals surface area contributed by atoms with E-state index in [4.69, 9.17) is 4.99 Å². The minimum absolute atomic E-state index is 0. The lowest BCUT2D eigenvalue weighted by molar-refractivity contribution is -0.127. The van der Waals surface area contributed by atoms with Crippen LogP contribution in [0.4, 0.5) is 0 Å². The van der Waals surface area contributed by atoms with Gasteiger partial charge in [0, 0.05) is 52.2 Å². The lowest BCUT2D eigenvalue weighted by Crippen LogP contribution is -2.39. The van der Waals surface area contributed by atoms with Crippen LogP contribution in [0.5, 0.6) is 0 Å². The van der Waals surface area contributed by atoms with Crippen molar-refractivity contribution in [3.63, 3.8) is 0 Å². The summed E-state index contributed by atoms with van der Waals surface area (Å²) in [5, 5.41) is 6.71. The first-order valence-electron chi connectivity index (χ1n) is 11.9. The van der Waals surface area contributed by atoms with Gasteiger partial charge in [-0.3, -0.25) is 9.69 Å². The van der Waals surface area contributed by atoms with Gasteiger partial charge in [0.2, 0.25) is 5.91 Å². The van der Waals surface area contributed by atoms with Crippen molar-refractivity contribution in [3.05, 3.63) is 35.4 Å². The summed E-state index contributed by atoms with van der Waals surface area (Å²) >= 11 is 0. The van der Waals surface area contributed by atoms with E-state index in [9.17, 15) is 4.79 Å². The lowest BCUT2D eigenvalue weighted by atomic mass is 10.1. The van der Waals surface area contributed by atoms with Gasteiger partial charge in [0.1, 0.15) is 0 Å². The van der Waals surface area contributed by atoms with Crippen LogP contribution in [0.3, 0.4) is 0 Å². The van der Waals surface area contributed by atoms with Crippen molar-refractivity contribution < 1.29 is 4.79 Å². The van der Waals surface area contributed by atoms with Crippen LogP contribution >= 0.6 is 24.0 Å². The van der Waals surface area contributed by atoms with Crippen molar-refractivity contribution in [2.24, 2.45) is 4.99 Å². The Labute approximate surface area is 211 Å². The first-order valence-corrected chi connectivity index (χ1v) is 11.9. The van der Waals surface area contributed by atoms with Gasteiger partial charge in [0.25, 0.3) is 0 Å². The minimum Gasteiger partial charge on any atom is -0.357 e. The normalized spacial score (nSPS) is 18.4. The molecule has 2 heterocycles. The summed E-state index contributed by atoms with van der Waals surface area (Å²) in [6, 6.07) is 8.89. The molecule has 180 valence electrons. The number of amides is 1. The number of carbonyl (C=O) groups is 1. The molecule has 0 atom stereocenters. The number of benzene rings is 1. The van der Waals surface area contributed by atoms with Crippen LogP contribution in [0, 0.1) is 0 Å². The van der Waals surface area contributed by atoms with Crippen LogP contribution in [0.15, 0.2) is 29.3 Å². The van der Waals surface area contributed by atoms with E-state index in [2.05, 4.69) is 58.7 Å². The smallest absolute Gasteiger partial charge is 0.222 e. The van der Waals surface area contributed by atoms with Gasteiger partial charge in [0.15, 0.2) is 5.96 Å². The van der Waals surface area contributed by atoms with Crippen LogP contribution in [0.1, 0.15) is 43.7 Å². The maximum Gasteiger partial charge on any atom is 0.222 e. The number of carbonyl (C=O) groups excluding carboxylic acids is 1. The molecule has 0 saturated carbocycles. The second-order valence-electron chi connectivity index (χ2n) is 8.71. The summed E-state index contributed by atoms with van der Waals surface area (Å²) in [6.45, 7) is 11.8. The Morgan fingerprint density at radius 3 is 2.50 bits per heavy atom. The zero-order chi connectivity index (χ0) is 21.9. The first kappa shape index (κ1) is 26.9. The molecule has 1 aromatic rings. The molecule has 2 aliphatic heterocycles. The molecule has 3 rings (SSSR count). The molecule has 1 amide bonds. The van der Waals surface area contributed by atoms with Crippen LogP contribution in [0.25, 0.3) is 0 Å². The number of likely N-dealkylation sites (N-methyl/N-ethyl adjacent to an activating group) is 1. The van der Waals surface area contributed by atoms with Crippen molar-refractivity contribution in [2.75, 3.05) is 59.4 Å². The van der Waals surface area contributed by atoms with Gasteiger partial charge < -0.3 is 20.4 Å². The van der Waals surface area contributed by atoms with E-state index in [1.54, 1.807) is 0 Å². The topological polar surface area (TPSA) is 63.2 Å². The highest BCUT2D eigenvalue weighted by atomic mass is 127. The molecule has 8 heteroatoms. The fourth-order valence-corrected chi connectivity index (χ4v) is 4.20. The number of halogens is 1. The van der Waals surface area contributed by atoms with E-state index < -0.39 is 0 Å². The zero-order valence-electron chi connectivity index (χ0n) is 19.8. The van der Waals surface area contributed by atoms with Gasteiger partial charge in [-0.2, -0.15) is 0 Å². The second kappa shape index (κ2) is 14.7. The second-order valence-corrected chi connectivity index (χ2v) is 8.71. The van der Waals surface area contributed by atoms with E-state index in [0.717, 1.165) is 64.6 Å². The van der Waals surface area contributed by atoms with Crippen LogP contribution in [-0.4, -0.2) is 86.0 Å². The number of guanidine groups is 1. The maximum atomic E-state index is 11.7. The molecule has 1 aromatic carbocycles. The van der Waals surface area contributed by atoms with Crippen molar-refractivity contribution in [1.29, 1.82) is 0 Å². The van der Waals surface area contributed by atoms with Gasteiger partial charge >= 0.3 is 0 Å². The summed E-state index contributed by atoms with van der Waals surface area (Å²) in [6.07, 6.45) is 3.91. The summed E-state index contributed by atoms with van der Waals surface area (Å²) in [7, 11) is 2.21. The Morgan fingerprint density at radius 1 is 1.00 bits per heavy atom. The van der Waals surface area contributed by atoms with Gasteiger partial charge in [-0.25, -0.2) is 4.99 Å². The van der Waals surface area contributed by atoms with Gasteiger partial charge in [-0.1, -0.05) is 24.3 Å². The molecule has 2 saturated heterocycles. The third kappa shape index (κ3) is 9.23. The number of hydrogen-bond donors (Lipinski definition) is 2. The van der Waals surface area contributed by atoms with Crippen LogP contribution in [0.2, 0.25) is 0 Å². The Hall–Kier alpha value is -1.39. The van der Waals surface area contributed by atoms with Crippen LogP contribution in [-0.2, 0) is 17.9 Å². The summed E-state index contributed by atoms with van der Waals surface area (Å²) < 4.78 is 0. The molecule has 0 aliphatic carbocycles. The Balaban J connectivity index is 0.00000363. The highest BCUT2D eigenvalue weighted by molar-refractivity contribution is 14.0. The molecule has 0 radical (unpaired) electrons. The molecular formula is C24H41IN6O. The molecule has 7 nitrogen and oxygen atoms in total. The standard InChI is InChI=1S/C24H40N6O.HI/c1-3-25-24(26-12-5-16-30-15-4-7-23(30)31)27-19-21-8-10-22(11-9-21)20-29-14-6-13-28(2)17-18-29;/h8-11H,3-7,12-20H2,1-2H3,(H2,25,26,27);1H. The van der Waals surface area contributed by atoms with Crippen molar-refractivity contribution in [3.8, 4) is 0 Å². The number of rotatable bonds is 9. The van der Waals surface area contributed by atoms with E-state index in [-0.39, 0.29) is 24.0 Å². The van der Waals surface area contributed by atoms with E-state index >= 15 is 0 Å². The molecule has 32 heavy (non-hydrogen) atoms. The lowest BCUT2D eigenvalue weighted by Gasteiger charge is -2.20. The molecule has 2 fully saturated rings. The summed E-state index contributed by atoms with van der Waals surface area (Å²) in [5.74, 6) is 1.14. The average Bonchev–Trinajstić information content (AvgIpc) is 3.07. The van der Waals surface area contributed by atoms with E-state index in [1.807, 2.05) is 4.90 Å². The zero-order valence-corrected chi connectivity index (χ0v) is 22.1.